The highest BCUT2D eigenvalue weighted by Crippen LogP contribution is 2.11. The van der Waals surface area contributed by atoms with Gasteiger partial charge in [-0.1, -0.05) is 6.07 Å². The number of hydrogen-bond donors (Lipinski definition) is 0. The summed E-state index contributed by atoms with van der Waals surface area (Å²) in [6.45, 7) is 0. The molecule has 2 heteroatoms. The molecule has 0 spiro atoms. The van der Waals surface area contributed by atoms with E-state index in [9.17, 15) is 4.79 Å². The Hall–Kier alpha value is -1.07. The molecule has 1 rings (SSSR count). The van der Waals surface area contributed by atoms with E-state index >= 15 is 0 Å². The van der Waals surface area contributed by atoms with Crippen molar-refractivity contribution in [2.24, 2.45) is 0 Å². The van der Waals surface area contributed by atoms with E-state index in [1.165, 1.54) is 4.88 Å². The molecule has 0 aliphatic heterocycles. The highest BCUT2D eigenvalue weighted by molar-refractivity contribution is 7.09. The summed E-state index contributed by atoms with van der Waals surface area (Å²) in [7, 11) is 0. The van der Waals surface area contributed by atoms with Crippen LogP contribution in [0.25, 0.3) is 0 Å². The van der Waals surface area contributed by atoms with Gasteiger partial charge in [0.1, 0.15) is 0 Å². The predicted octanol–water partition coefficient (Wildman–Crippen LogP) is 2.27. The van der Waals surface area contributed by atoms with Gasteiger partial charge in [0.15, 0.2) is 0 Å². The molecule has 62 valence electrons. The number of aryl methyl sites for hydroxylation is 1. The number of ketones is 1. The van der Waals surface area contributed by atoms with Crippen molar-refractivity contribution in [2.45, 2.75) is 19.3 Å². The lowest BCUT2D eigenvalue weighted by Gasteiger charge is -1.93. The monoisotopic (exact) mass is 178 g/mol. The third-order valence-electron chi connectivity index (χ3n) is 1.57. The predicted molar refractivity (Wildman–Crippen MR) is 51.1 cm³/mol. The Morgan fingerprint density at radius 2 is 2.50 bits per heavy atom. The van der Waals surface area contributed by atoms with Gasteiger partial charge in [-0.25, -0.2) is 0 Å². The minimum Gasteiger partial charge on any atom is -0.285 e. The minimum atomic E-state index is -0.0912. The minimum absolute atomic E-state index is 0.0912. The van der Waals surface area contributed by atoms with Crippen molar-refractivity contribution in [3.63, 3.8) is 0 Å². The molecule has 1 aromatic rings. The fourth-order valence-electron chi connectivity index (χ4n) is 0.950. The van der Waals surface area contributed by atoms with E-state index in [0.29, 0.717) is 6.42 Å². The summed E-state index contributed by atoms with van der Waals surface area (Å²) in [5, 5.41) is 2.04. The first-order valence-corrected chi connectivity index (χ1v) is 4.72. The van der Waals surface area contributed by atoms with Crippen LogP contribution in [-0.2, 0) is 11.2 Å². The highest BCUT2D eigenvalue weighted by atomic mass is 32.1. The van der Waals surface area contributed by atoms with Gasteiger partial charge >= 0.3 is 0 Å². The molecular weight excluding hydrogens is 168 g/mol. The van der Waals surface area contributed by atoms with Crippen molar-refractivity contribution in [3.8, 4) is 12.3 Å². The Bertz CT molecular complexity index is 279. The Labute approximate surface area is 76.4 Å². The molecule has 0 amide bonds. The molecule has 0 saturated heterocycles. The number of carbonyl (C=O) groups is 1. The Morgan fingerprint density at radius 3 is 3.08 bits per heavy atom. The first-order chi connectivity index (χ1) is 5.83. The summed E-state index contributed by atoms with van der Waals surface area (Å²) in [6, 6.07) is 4.09. The van der Waals surface area contributed by atoms with E-state index in [0.717, 1.165) is 12.8 Å². The van der Waals surface area contributed by atoms with Gasteiger partial charge in [-0.2, -0.15) is 0 Å². The quantitative estimate of drug-likeness (QED) is 0.510. The second-order valence-corrected chi connectivity index (χ2v) is 3.53. The van der Waals surface area contributed by atoms with Crippen molar-refractivity contribution >= 4 is 17.1 Å². The van der Waals surface area contributed by atoms with Gasteiger partial charge in [0.25, 0.3) is 0 Å². The van der Waals surface area contributed by atoms with Crippen molar-refractivity contribution in [1.29, 1.82) is 0 Å². The van der Waals surface area contributed by atoms with Gasteiger partial charge in [-0.15, -0.1) is 17.8 Å². The summed E-state index contributed by atoms with van der Waals surface area (Å²) in [5.74, 6) is 2.02. The number of terminal acetylenes is 1. The molecule has 1 nitrogen and oxygen atoms in total. The molecule has 1 aromatic heterocycles. The van der Waals surface area contributed by atoms with Crippen LogP contribution in [0, 0.1) is 12.3 Å². The average molecular weight is 178 g/mol. The Balaban J connectivity index is 2.20. The molecule has 12 heavy (non-hydrogen) atoms. The van der Waals surface area contributed by atoms with Gasteiger partial charge in [0.05, 0.1) is 0 Å². The second kappa shape index (κ2) is 4.74. The van der Waals surface area contributed by atoms with Crippen LogP contribution in [0.3, 0.4) is 0 Å². The van der Waals surface area contributed by atoms with Crippen LogP contribution in [0.4, 0.5) is 0 Å². The van der Waals surface area contributed by atoms with Crippen molar-refractivity contribution in [1.82, 2.24) is 0 Å². The van der Waals surface area contributed by atoms with Crippen LogP contribution in [0.15, 0.2) is 17.5 Å². The molecule has 0 bridgehead atoms. The fourth-order valence-corrected chi connectivity index (χ4v) is 1.70. The number of carbonyl (C=O) groups excluding carboxylic acids is 1. The summed E-state index contributed by atoms with van der Waals surface area (Å²) in [6.07, 6.45) is 7.27. The maximum Gasteiger partial charge on any atom is 0.205 e. The van der Waals surface area contributed by atoms with Gasteiger partial charge in [0.2, 0.25) is 5.78 Å². The molecule has 0 aromatic carbocycles. The third kappa shape index (κ3) is 2.89. The average Bonchev–Trinajstić information content (AvgIpc) is 2.57. The lowest BCUT2D eigenvalue weighted by Crippen LogP contribution is -1.93. The largest absolute Gasteiger partial charge is 0.285 e. The van der Waals surface area contributed by atoms with Crippen molar-refractivity contribution in [3.05, 3.63) is 22.4 Å². The number of hydrogen-bond acceptors (Lipinski definition) is 2. The molecule has 0 aliphatic carbocycles. The normalized spacial score (nSPS) is 9.25. The van der Waals surface area contributed by atoms with Gasteiger partial charge in [0, 0.05) is 11.3 Å². The Morgan fingerprint density at radius 1 is 1.67 bits per heavy atom. The first kappa shape index (κ1) is 9.02. The summed E-state index contributed by atoms with van der Waals surface area (Å²) >= 11 is 1.72. The van der Waals surface area contributed by atoms with Gasteiger partial charge in [-0.3, -0.25) is 4.79 Å². The van der Waals surface area contributed by atoms with Crippen LogP contribution in [0.2, 0.25) is 0 Å². The van der Waals surface area contributed by atoms with Crippen LogP contribution < -0.4 is 0 Å². The summed E-state index contributed by atoms with van der Waals surface area (Å²) < 4.78 is 0. The van der Waals surface area contributed by atoms with E-state index in [1.54, 1.807) is 11.3 Å². The van der Waals surface area contributed by atoms with Crippen molar-refractivity contribution < 1.29 is 4.79 Å². The molecule has 1 heterocycles. The van der Waals surface area contributed by atoms with E-state index in [2.05, 4.69) is 12.0 Å². The number of Topliss-reactive ketones (excluding diaryl/α,β-unsaturated/α-hetero) is 1. The SMILES string of the molecule is C#CC(=O)CCCc1cccs1. The van der Waals surface area contributed by atoms with E-state index in [1.807, 2.05) is 11.4 Å². The van der Waals surface area contributed by atoms with Crippen LogP contribution in [0.1, 0.15) is 17.7 Å². The zero-order chi connectivity index (χ0) is 8.81. The molecular formula is C10H10OS. The molecule has 0 aliphatic rings. The standard InChI is InChI=1S/C10H10OS/c1-2-9(11)5-3-6-10-7-4-8-12-10/h1,4,7-8H,3,5-6H2. The lowest BCUT2D eigenvalue weighted by molar-refractivity contribution is -0.113. The number of rotatable bonds is 4. The molecule has 0 atom stereocenters. The highest BCUT2D eigenvalue weighted by Gasteiger charge is 1.97. The summed E-state index contributed by atoms with van der Waals surface area (Å²) in [4.78, 5) is 12.0. The van der Waals surface area contributed by atoms with E-state index < -0.39 is 0 Å². The third-order valence-corrected chi connectivity index (χ3v) is 2.50. The Kier molecular flexibility index (Phi) is 3.56. The van der Waals surface area contributed by atoms with Crippen molar-refractivity contribution in [2.75, 3.05) is 0 Å². The van der Waals surface area contributed by atoms with Crippen LogP contribution in [0.5, 0.6) is 0 Å². The smallest absolute Gasteiger partial charge is 0.205 e. The van der Waals surface area contributed by atoms with E-state index in [4.69, 9.17) is 6.42 Å². The topological polar surface area (TPSA) is 17.1 Å². The van der Waals surface area contributed by atoms with Gasteiger partial charge < -0.3 is 0 Å². The maximum atomic E-state index is 10.7. The first-order valence-electron chi connectivity index (χ1n) is 3.85. The zero-order valence-electron chi connectivity index (χ0n) is 6.75. The van der Waals surface area contributed by atoms with Crippen LogP contribution >= 0.6 is 11.3 Å². The maximum absolute atomic E-state index is 10.7. The molecule has 0 saturated carbocycles. The molecule has 0 radical (unpaired) electrons. The zero-order valence-corrected chi connectivity index (χ0v) is 7.56. The lowest BCUT2D eigenvalue weighted by atomic mass is 10.1. The van der Waals surface area contributed by atoms with E-state index in [-0.39, 0.29) is 5.78 Å². The molecule has 0 N–H and O–H groups in total. The van der Waals surface area contributed by atoms with Gasteiger partial charge in [-0.05, 0) is 30.2 Å². The van der Waals surface area contributed by atoms with Crippen LogP contribution in [-0.4, -0.2) is 5.78 Å². The molecule has 0 unspecified atom stereocenters. The second-order valence-electron chi connectivity index (χ2n) is 2.50. The fraction of sp³-hybridized carbons (Fsp3) is 0.300. The summed E-state index contributed by atoms with van der Waals surface area (Å²) in [5.41, 5.74) is 0. The number of thiophene rings is 1. The molecule has 0 fully saturated rings.